The van der Waals surface area contributed by atoms with E-state index in [4.69, 9.17) is 4.74 Å². The molecule has 2 atom stereocenters. The van der Waals surface area contributed by atoms with Gasteiger partial charge < -0.3 is 9.64 Å². The largest absolute Gasteiger partial charge is 0.448 e. The molecular weight excluding hydrogens is 392 g/mol. The molecule has 0 radical (unpaired) electrons. The van der Waals surface area contributed by atoms with Gasteiger partial charge in [0.05, 0.1) is 4.92 Å². The molecule has 0 spiro atoms. The van der Waals surface area contributed by atoms with E-state index in [1.165, 1.54) is 23.5 Å². The molecule has 4 rings (SSSR count). The second kappa shape index (κ2) is 7.29. The van der Waals surface area contributed by atoms with Gasteiger partial charge in [-0.3, -0.25) is 14.9 Å². The number of benzene rings is 2. The summed E-state index contributed by atoms with van der Waals surface area (Å²) >= 11 is 1.18. The van der Waals surface area contributed by atoms with Gasteiger partial charge in [0.15, 0.2) is 6.10 Å². The number of rotatable bonds is 4. The Balaban J connectivity index is 1.51. The molecule has 0 bridgehead atoms. The van der Waals surface area contributed by atoms with Crippen LogP contribution >= 0.6 is 11.3 Å². The standard InChI is InChI=1S/C21H18N2O5S/c1-12-9-14-5-3-4-6-17(14)22(12)20(24)13(2)28-21(25)19-11-15-10-16(23(26)27)7-8-18(15)29-19/h3-8,10-13H,9H2,1-2H3/t12-,13+/m0/s1. The van der Waals surface area contributed by atoms with Crippen LogP contribution in [0.5, 0.6) is 0 Å². The van der Waals surface area contributed by atoms with Crippen molar-refractivity contribution in [2.45, 2.75) is 32.4 Å². The van der Waals surface area contributed by atoms with Crippen molar-refractivity contribution in [1.82, 2.24) is 0 Å². The van der Waals surface area contributed by atoms with Crippen LogP contribution in [-0.2, 0) is 16.0 Å². The van der Waals surface area contributed by atoms with Gasteiger partial charge in [-0.15, -0.1) is 11.3 Å². The van der Waals surface area contributed by atoms with Crippen LogP contribution in [0.3, 0.4) is 0 Å². The summed E-state index contributed by atoms with van der Waals surface area (Å²) in [5.74, 6) is -0.887. The fraction of sp³-hybridized carbons (Fsp3) is 0.238. The minimum atomic E-state index is -0.948. The van der Waals surface area contributed by atoms with E-state index in [9.17, 15) is 19.7 Å². The number of ether oxygens (including phenoxy) is 1. The topological polar surface area (TPSA) is 89.7 Å². The second-order valence-electron chi connectivity index (χ2n) is 7.03. The number of amides is 1. The Morgan fingerprint density at radius 3 is 2.76 bits per heavy atom. The first-order valence-electron chi connectivity index (χ1n) is 9.15. The van der Waals surface area contributed by atoms with Gasteiger partial charge in [0.2, 0.25) is 0 Å². The van der Waals surface area contributed by atoms with Crippen molar-refractivity contribution in [3.05, 3.63) is 69.1 Å². The van der Waals surface area contributed by atoms with Crippen LogP contribution in [0.2, 0.25) is 0 Å². The number of para-hydroxylation sites is 1. The molecule has 0 fully saturated rings. The first-order chi connectivity index (χ1) is 13.8. The monoisotopic (exact) mass is 410 g/mol. The van der Waals surface area contributed by atoms with Gasteiger partial charge in [0.25, 0.3) is 11.6 Å². The number of nitro groups is 1. The number of carbonyl (C=O) groups is 2. The first-order valence-corrected chi connectivity index (χ1v) is 9.96. The van der Waals surface area contributed by atoms with E-state index >= 15 is 0 Å². The second-order valence-corrected chi connectivity index (χ2v) is 8.11. The van der Waals surface area contributed by atoms with E-state index in [0.29, 0.717) is 10.3 Å². The molecule has 8 heteroatoms. The van der Waals surface area contributed by atoms with E-state index < -0.39 is 17.0 Å². The number of carbonyl (C=O) groups excluding carboxylic acids is 2. The Kier molecular flexibility index (Phi) is 4.79. The highest BCUT2D eigenvalue weighted by Gasteiger charge is 2.34. The number of esters is 1. The smallest absolute Gasteiger partial charge is 0.349 e. The van der Waals surface area contributed by atoms with Crippen LogP contribution < -0.4 is 4.90 Å². The molecule has 29 heavy (non-hydrogen) atoms. The lowest BCUT2D eigenvalue weighted by atomic mass is 10.1. The van der Waals surface area contributed by atoms with Crippen molar-refractivity contribution in [2.24, 2.45) is 0 Å². The molecule has 1 aliphatic heterocycles. The number of fused-ring (bicyclic) bond motifs is 2. The lowest BCUT2D eigenvalue weighted by Gasteiger charge is -2.25. The first kappa shape index (κ1) is 19.1. The highest BCUT2D eigenvalue weighted by atomic mass is 32.1. The minimum Gasteiger partial charge on any atom is -0.448 e. The van der Waals surface area contributed by atoms with Crippen LogP contribution in [0.1, 0.15) is 29.1 Å². The molecule has 0 unspecified atom stereocenters. The van der Waals surface area contributed by atoms with Crippen molar-refractivity contribution >= 4 is 44.7 Å². The summed E-state index contributed by atoms with van der Waals surface area (Å²) in [6.07, 6.45) is -0.187. The van der Waals surface area contributed by atoms with Crippen LogP contribution in [0, 0.1) is 10.1 Å². The fourth-order valence-electron chi connectivity index (χ4n) is 3.61. The van der Waals surface area contributed by atoms with Crippen LogP contribution in [-0.4, -0.2) is 28.9 Å². The van der Waals surface area contributed by atoms with E-state index in [-0.39, 0.29) is 17.6 Å². The number of anilines is 1. The molecule has 1 aliphatic rings. The van der Waals surface area contributed by atoms with Crippen molar-refractivity contribution in [3.63, 3.8) is 0 Å². The van der Waals surface area contributed by atoms with Crippen molar-refractivity contribution < 1.29 is 19.2 Å². The average molecular weight is 410 g/mol. The van der Waals surface area contributed by atoms with E-state index in [1.807, 2.05) is 31.2 Å². The zero-order chi connectivity index (χ0) is 20.7. The Morgan fingerprint density at radius 1 is 1.24 bits per heavy atom. The Bertz CT molecular complexity index is 1140. The van der Waals surface area contributed by atoms with E-state index in [0.717, 1.165) is 22.4 Å². The quantitative estimate of drug-likeness (QED) is 0.363. The van der Waals surface area contributed by atoms with Crippen LogP contribution in [0.4, 0.5) is 11.4 Å². The SMILES string of the molecule is C[C@@H](OC(=O)c1cc2cc([N+](=O)[O-])ccc2s1)C(=O)N1c2ccccc2C[C@@H]1C. The maximum absolute atomic E-state index is 13.0. The lowest BCUT2D eigenvalue weighted by Crippen LogP contribution is -2.43. The fourth-order valence-corrected chi connectivity index (χ4v) is 4.54. The number of hydrogen-bond acceptors (Lipinski definition) is 6. The molecule has 3 aromatic rings. The molecular formula is C21H18N2O5S. The summed E-state index contributed by atoms with van der Waals surface area (Å²) in [5, 5.41) is 11.5. The number of nitro benzene ring substituents is 1. The van der Waals surface area contributed by atoms with Gasteiger partial charge in [-0.2, -0.15) is 0 Å². The normalized spacial score (nSPS) is 16.5. The number of non-ortho nitro benzene ring substituents is 1. The summed E-state index contributed by atoms with van der Waals surface area (Å²) in [6, 6.07) is 13.7. The molecule has 0 N–H and O–H groups in total. The Morgan fingerprint density at radius 2 is 2.00 bits per heavy atom. The van der Waals surface area contributed by atoms with Crippen LogP contribution in [0.25, 0.3) is 10.1 Å². The van der Waals surface area contributed by atoms with Crippen molar-refractivity contribution in [1.29, 1.82) is 0 Å². The molecule has 0 saturated heterocycles. The maximum atomic E-state index is 13.0. The molecule has 1 aromatic heterocycles. The molecule has 7 nitrogen and oxygen atoms in total. The third kappa shape index (κ3) is 3.47. The van der Waals surface area contributed by atoms with Crippen LogP contribution in [0.15, 0.2) is 48.5 Å². The minimum absolute atomic E-state index is 0.00840. The maximum Gasteiger partial charge on any atom is 0.349 e. The molecule has 0 saturated carbocycles. The van der Waals surface area contributed by atoms with Gasteiger partial charge in [-0.1, -0.05) is 18.2 Å². The van der Waals surface area contributed by atoms with Gasteiger partial charge in [-0.25, -0.2) is 4.79 Å². The molecule has 0 aliphatic carbocycles. The lowest BCUT2D eigenvalue weighted by molar-refractivity contribution is -0.384. The average Bonchev–Trinajstić information content (AvgIpc) is 3.26. The van der Waals surface area contributed by atoms with Gasteiger partial charge in [-0.05, 0) is 44.0 Å². The predicted octanol–water partition coefficient (Wildman–Crippen LogP) is 4.33. The van der Waals surface area contributed by atoms with E-state index in [2.05, 4.69) is 0 Å². The number of hydrogen-bond donors (Lipinski definition) is 0. The third-order valence-electron chi connectivity index (χ3n) is 4.99. The molecule has 2 heterocycles. The molecule has 2 aromatic carbocycles. The number of nitrogens with zero attached hydrogens (tertiary/aromatic N) is 2. The highest BCUT2D eigenvalue weighted by molar-refractivity contribution is 7.20. The third-order valence-corrected chi connectivity index (χ3v) is 6.08. The van der Waals surface area contributed by atoms with Gasteiger partial charge in [0.1, 0.15) is 4.88 Å². The summed E-state index contributed by atoms with van der Waals surface area (Å²) < 4.78 is 6.17. The highest BCUT2D eigenvalue weighted by Crippen LogP contribution is 2.33. The summed E-state index contributed by atoms with van der Waals surface area (Å²) in [5.41, 5.74) is 1.90. The summed E-state index contributed by atoms with van der Waals surface area (Å²) in [7, 11) is 0. The van der Waals surface area contributed by atoms with Gasteiger partial charge in [0, 0.05) is 33.9 Å². The van der Waals surface area contributed by atoms with E-state index in [1.54, 1.807) is 24.0 Å². The summed E-state index contributed by atoms with van der Waals surface area (Å²) in [6.45, 7) is 3.53. The predicted molar refractivity (Wildman–Crippen MR) is 110 cm³/mol. The Hall–Kier alpha value is -3.26. The molecule has 148 valence electrons. The van der Waals surface area contributed by atoms with Crippen molar-refractivity contribution in [3.8, 4) is 0 Å². The zero-order valence-corrected chi connectivity index (χ0v) is 16.6. The zero-order valence-electron chi connectivity index (χ0n) is 15.8. The van der Waals surface area contributed by atoms with Gasteiger partial charge >= 0.3 is 5.97 Å². The molecule has 1 amide bonds. The summed E-state index contributed by atoms with van der Waals surface area (Å²) in [4.78, 5) is 38.0. The number of thiophene rings is 1. The Labute approximate surface area is 170 Å². The van der Waals surface area contributed by atoms with Crippen molar-refractivity contribution in [2.75, 3.05) is 4.90 Å².